The van der Waals surface area contributed by atoms with Crippen LogP contribution >= 0.6 is 0 Å². The molecule has 0 saturated carbocycles. The van der Waals surface area contributed by atoms with Crippen LogP contribution in [0.1, 0.15) is 33.4 Å². The van der Waals surface area contributed by atoms with Gasteiger partial charge in [0.25, 0.3) is 0 Å². The molecule has 0 aliphatic heterocycles. The van der Waals surface area contributed by atoms with Crippen molar-refractivity contribution in [3.8, 4) is 100 Å². The Bertz CT molecular complexity index is 3600. The Hall–Kier alpha value is -9.36. The maximum atomic E-state index is 2.48. The van der Waals surface area contributed by atoms with E-state index in [1.54, 1.807) is 0 Å². The summed E-state index contributed by atoms with van der Waals surface area (Å²) in [7, 11) is 0. The molecule has 354 valence electrons. The number of hydrogen-bond acceptors (Lipinski definition) is 0. The van der Waals surface area contributed by atoms with Crippen LogP contribution in [0.2, 0.25) is 0 Å². The van der Waals surface area contributed by atoms with Crippen molar-refractivity contribution in [1.82, 2.24) is 0 Å². The van der Waals surface area contributed by atoms with Gasteiger partial charge in [0.15, 0.2) is 0 Å². The zero-order valence-electron chi connectivity index (χ0n) is 42.2. The minimum Gasteiger partial charge on any atom is -0.0622 e. The predicted octanol–water partition coefficient (Wildman–Crippen LogP) is 20.0. The SMILES string of the molecule is Cc1ccc(C2(c3ccc(C)cc3)c3cc(-c4ccc(-c5cc(-c6ccccc6)cc(-c6ccccc6)c5)cc4)ccc3-c3ccc(-c4ccc(-c5cc(-c6ccccc6)cc(-c6ccccc6)c5)cc4)cc32)cc1. The molecule has 1 aliphatic rings. The van der Waals surface area contributed by atoms with Gasteiger partial charge in [0.2, 0.25) is 0 Å². The van der Waals surface area contributed by atoms with Crippen LogP contribution in [0.3, 0.4) is 0 Å². The maximum Gasteiger partial charge on any atom is 0.0714 e. The predicted molar refractivity (Wildman–Crippen MR) is 317 cm³/mol. The molecule has 12 aromatic carbocycles. The van der Waals surface area contributed by atoms with Crippen LogP contribution in [0.25, 0.3) is 100 Å². The van der Waals surface area contributed by atoms with Crippen LogP contribution in [0.15, 0.2) is 291 Å². The van der Waals surface area contributed by atoms with E-state index in [1.807, 2.05) is 0 Å². The van der Waals surface area contributed by atoms with Gasteiger partial charge in [-0.2, -0.15) is 0 Å². The second kappa shape index (κ2) is 19.2. The first-order valence-corrected chi connectivity index (χ1v) is 26.1. The number of fused-ring (bicyclic) bond motifs is 3. The summed E-state index contributed by atoms with van der Waals surface area (Å²) in [5, 5.41) is 0. The lowest BCUT2D eigenvalue weighted by Gasteiger charge is -2.34. The smallest absolute Gasteiger partial charge is 0.0622 e. The van der Waals surface area contributed by atoms with Crippen molar-refractivity contribution in [2.75, 3.05) is 0 Å². The van der Waals surface area contributed by atoms with E-state index in [4.69, 9.17) is 0 Å². The van der Waals surface area contributed by atoms with Crippen molar-refractivity contribution in [3.63, 3.8) is 0 Å². The van der Waals surface area contributed by atoms with Gasteiger partial charge < -0.3 is 0 Å². The van der Waals surface area contributed by atoms with Crippen LogP contribution in [-0.4, -0.2) is 0 Å². The van der Waals surface area contributed by atoms with Gasteiger partial charge in [0, 0.05) is 0 Å². The molecule has 13 rings (SSSR count). The van der Waals surface area contributed by atoms with E-state index in [9.17, 15) is 0 Å². The van der Waals surface area contributed by atoms with Crippen LogP contribution in [0.5, 0.6) is 0 Å². The standard InChI is InChI=1S/C75H54/c1-51-23-37-69(38-24-51)75(70-39-25-52(2)26-40-70)73-49-61(57-27-31-59(32-28-57)67-45-63(53-15-7-3-8-16-53)43-64(46-67)54-17-9-4-10-18-54)35-41-71(73)72-42-36-62(50-74(72)75)58-29-33-60(34-30-58)68-47-65(55-19-11-5-12-20-55)44-66(48-68)56-21-13-6-14-22-56/h3-50H,1-2H3. The lowest BCUT2D eigenvalue weighted by atomic mass is 9.67. The van der Waals surface area contributed by atoms with Gasteiger partial charge >= 0.3 is 0 Å². The average Bonchev–Trinajstić information content (AvgIpc) is 3.79. The highest BCUT2D eigenvalue weighted by molar-refractivity contribution is 5.91. The molecule has 0 amide bonds. The second-order valence-electron chi connectivity index (χ2n) is 20.2. The summed E-state index contributed by atoms with van der Waals surface area (Å²) >= 11 is 0. The summed E-state index contributed by atoms with van der Waals surface area (Å²) in [6.07, 6.45) is 0. The third-order valence-electron chi connectivity index (χ3n) is 15.5. The fourth-order valence-electron chi connectivity index (χ4n) is 11.6. The topological polar surface area (TPSA) is 0 Å². The zero-order valence-corrected chi connectivity index (χ0v) is 42.2. The first kappa shape index (κ1) is 45.5. The Morgan fingerprint density at radius 2 is 0.413 bits per heavy atom. The average molecular weight is 955 g/mol. The van der Waals surface area contributed by atoms with E-state index in [1.165, 1.54) is 134 Å². The first-order chi connectivity index (χ1) is 36.9. The van der Waals surface area contributed by atoms with Gasteiger partial charge in [-0.15, -0.1) is 0 Å². The summed E-state index contributed by atoms with van der Waals surface area (Å²) in [5.74, 6) is 0. The zero-order chi connectivity index (χ0) is 50.3. The van der Waals surface area contributed by atoms with E-state index >= 15 is 0 Å². The summed E-state index contributed by atoms with van der Waals surface area (Å²) in [4.78, 5) is 0. The number of hydrogen-bond donors (Lipinski definition) is 0. The molecule has 0 heteroatoms. The Morgan fingerprint density at radius 3 is 0.680 bits per heavy atom. The van der Waals surface area contributed by atoms with Crippen molar-refractivity contribution < 1.29 is 0 Å². The molecule has 0 aromatic heterocycles. The molecule has 0 heterocycles. The van der Waals surface area contributed by atoms with Gasteiger partial charge in [-0.25, -0.2) is 0 Å². The van der Waals surface area contributed by atoms with E-state index in [2.05, 4.69) is 305 Å². The lowest BCUT2D eigenvalue weighted by Crippen LogP contribution is -2.28. The van der Waals surface area contributed by atoms with E-state index < -0.39 is 5.41 Å². The van der Waals surface area contributed by atoms with Gasteiger partial charge in [-0.3, -0.25) is 0 Å². The van der Waals surface area contributed by atoms with Crippen molar-refractivity contribution in [1.29, 1.82) is 0 Å². The third kappa shape index (κ3) is 8.51. The van der Waals surface area contributed by atoms with E-state index in [0.29, 0.717) is 0 Å². The molecule has 0 bridgehead atoms. The Balaban J connectivity index is 0.910. The van der Waals surface area contributed by atoms with Crippen molar-refractivity contribution in [3.05, 3.63) is 325 Å². The molecule has 0 spiro atoms. The van der Waals surface area contributed by atoms with Gasteiger partial charge in [0.05, 0.1) is 5.41 Å². The molecule has 0 atom stereocenters. The summed E-state index contributed by atoms with van der Waals surface area (Å²) < 4.78 is 0. The van der Waals surface area contributed by atoms with Crippen molar-refractivity contribution in [2.24, 2.45) is 0 Å². The van der Waals surface area contributed by atoms with Gasteiger partial charge in [-0.1, -0.05) is 254 Å². The van der Waals surface area contributed by atoms with Gasteiger partial charge in [0.1, 0.15) is 0 Å². The maximum absolute atomic E-state index is 2.48. The van der Waals surface area contributed by atoms with E-state index in [0.717, 1.165) is 0 Å². The quantitative estimate of drug-likeness (QED) is 0.128. The Morgan fingerprint density at radius 1 is 0.187 bits per heavy atom. The molecule has 1 aliphatic carbocycles. The number of aryl methyl sites for hydroxylation is 2. The minimum absolute atomic E-state index is 0.574. The minimum atomic E-state index is -0.574. The Kier molecular flexibility index (Phi) is 11.7. The Labute approximate surface area is 441 Å². The normalized spacial score (nSPS) is 12.2. The third-order valence-corrected chi connectivity index (χ3v) is 15.5. The fourth-order valence-corrected chi connectivity index (χ4v) is 11.6. The molecular weight excluding hydrogens is 901 g/mol. The molecule has 0 nitrogen and oxygen atoms in total. The summed E-state index contributed by atoms with van der Waals surface area (Å²) in [6.45, 7) is 4.37. The van der Waals surface area contributed by atoms with Crippen LogP contribution in [0.4, 0.5) is 0 Å². The monoisotopic (exact) mass is 954 g/mol. The van der Waals surface area contributed by atoms with Crippen LogP contribution < -0.4 is 0 Å². The lowest BCUT2D eigenvalue weighted by molar-refractivity contribution is 0.768. The number of benzene rings is 12. The van der Waals surface area contributed by atoms with E-state index in [-0.39, 0.29) is 0 Å². The van der Waals surface area contributed by atoms with Crippen molar-refractivity contribution >= 4 is 0 Å². The van der Waals surface area contributed by atoms with Gasteiger partial charge in [-0.05, 0) is 185 Å². The highest BCUT2D eigenvalue weighted by Crippen LogP contribution is 2.57. The second-order valence-corrected chi connectivity index (χ2v) is 20.2. The molecule has 12 aromatic rings. The highest BCUT2D eigenvalue weighted by atomic mass is 14.5. The molecule has 0 unspecified atom stereocenters. The molecule has 0 radical (unpaired) electrons. The molecule has 75 heavy (non-hydrogen) atoms. The molecule has 0 fully saturated rings. The fraction of sp³-hybridized carbons (Fsp3) is 0.0400. The largest absolute Gasteiger partial charge is 0.0714 e. The molecule has 0 N–H and O–H groups in total. The van der Waals surface area contributed by atoms with Crippen molar-refractivity contribution in [2.45, 2.75) is 19.3 Å². The summed E-state index contributed by atoms with van der Waals surface area (Å²) in [6, 6.07) is 108. The van der Waals surface area contributed by atoms with Crippen LogP contribution in [0, 0.1) is 13.8 Å². The highest BCUT2D eigenvalue weighted by Gasteiger charge is 2.46. The first-order valence-electron chi connectivity index (χ1n) is 26.1. The van der Waals surface area contributed by atoms with Crippen LogP contribution in [-0.2, 0) is 5.41 Å². The number of rotatable bonds is 10. The summed E-state index contributed by atoms with van der Waals surface area (Å²) in [5.41, 5.74) is 28.8. The molecule has 0 saturated heterocycles. The molecular formula is C75H54.